The van der Waals surface area contributed by atoms with Gasteiger partial charge in [0.2, 0.25) is 0 Å². The molecule has 1 saturated heterocycles. The molecule has 1 aliphatic rings. The zero-order valence-corrected chi connectivity index (χ0v) is 17.4. The SMILES string of the molecule is CNCc1cnc2sc(-c3ccc(C)nc3)cc2c1NC1CCN(C(=O)O)CC1. The van der Waals surface area contributed by atoms with Gasteiger partial charge in [0.15, 0.2) is 0 Å². The van der Waals surface area contributed by atoms with Crippen LogP contribution in [0.25, 0.3) is 20.7 Å². The first-order chi connectivity index (χ1) is 14.0. The smallest absolute Gasteiger partial charge is 0.407 e. The minimum atomic E-state index is -0.834. The zero-order chi connectivity index (χ0) is 20.4. The molecule has 4 rings (SSSR count). The number of aromatic nitrogens is 2. The molecule has 1 amide bonds. The van der Waals surface area contributed by atoms with Crippen molar-refractivity contribution in [2.75, 3.05) is 25.5 Å². The molecule has 3 aromatic heterocycles. The summed E-state index contributed by atoms with van der Waals surface area (Å²) in [6, 6.07) is 6.55. The molecule has 0 atom stereocenters. The van der Waals surface area contributed by atoms with E-state index in [1.807, 2.05) is 32.4 Å². The number of fused-ring (bicyclic) bond motifs is 1. The van der Waals surface area contributed by atoms with E-state index in [-0.39, 0.29) is 6.04 Å². The molecular weight excluding hydrogens is 386 g/mol. The molecule has 0 aromatic carbocycles. The van der Waals surface area contributed by atoms with Crippen molar-refractivity contribution < 1.29 is 9.90 Å². The molecule has 4 heterocycles. The molecule has 3 aromatic rings. The van der Waals surface area contributed by atoms with E-state index >= 15 is 0 Å². The van der Waals surface area contributed by atoms with Crippen LogP contribution in [0, 0.1) is 6.92 Å². The Hall–Kier alpha value is -2.71. The van der Waals surface area contributed by atoms with Gasteiger partial charge in [-0.25, -0.2) is 9.78 Å². The van der Waals surface area contributed by atoms with Crippen molar-refractivity contribution in [2.24, 2.45) is 0 Å². The predicted octanol–water partition coefficient (Wildman–Crippen LogP) is 3.94. The number of anilines is 1. The second-order valence-electron chi connectivity index (χ2n) is 7.39. The Balaban J connectivity index is 1.66. The standard InChI is InChI=1S/C21H25N5O2S/c1-13-3-4-14(11-23-13)18-9-17-19(15(10-22-2)12-24-20(17)29-18)25-16-5-7-26(8-6-16)21(27)28/h3-4,9,11-12,16,22H,5-8,10H2,1-2H3,(H,24,25)(H,27,28). The van der Waals surface area contributed by atoms with Crippen molar-refractivity contribution >= 4 is 33.3 Å². The van der Waals surface area contributed by atoms with E-state index in [0.29, 0.717) is 13.1 Å². The topological polar surface area (TPSA) is 90.4 Å². The molecule has 0 unspecified atom stereocenters. The number of amides is 1. The molecule has 0 radical (unpaired) electrons. The summed E-state index contributed by atoms with van der Waals surface area (Å²) < 4.78 is 0. The van der Waals surface area contributed by atoms with Crippen LogP contribution < -0.4 is 10.6 Å². The van der Waals surface area contributed by atoms with Gasteiger partial charge in [0.05, 0.1) is 5.69 Å². The Morgan fingerprint density at radius 1 is 1.28 bits per heavy atom. The van der Waals surface area contributed by atoms with Gasteiger partial charge in [0, 0.05) is 65.2 Å². The number of aryl methyl sites for hydroxylation is 1. The molecule has 152 valence electrons. The fourth-order valence-electron chi connectivity index (χ4n) is 3.70. The Bertz CT molecular complexity index is 1010. The van der Waals surface area contributed by atoms with Gasteiger partial charge in [-0.1, -0.05) is 6.07 Å². The first-order valence-corrected chi connectivity index (χ1v) is 10.6. The maximum Gasteiger partial charge on any atom is 0.407 e. The van der Waals surface area contributed by atoms with E-state index in [1.54, 1.807) is 11.3 Å². The summed E-state index contributed by atoms with van der Waals surface area (Å²) in [4.78, 5) is 23.9. The van der Waals surface area contributed by atoms with Gasteiger partial charge in [-0.3, -0.25) is 4.98 Å². The summed E-state index contributed by atoms with van der Waals surface area (Å²) in [6.45, 7) is 3.83. The summed E-state index contributed by atoms with van der Waals surface area (Å²) in [5, 5.41) is 17.2. The van der Waals surface area contributed by atoms with Crippen molar-refractivity contribution in [3.63, 3.8) is 0 Å². The molecule has 0 bridgehead atoms. The van der Waals surface area contributed by atoms with Crippen LogP contribution >= 0.6 is 11.3 Å². The number of carbonyl (C=O) groups is 1. The first-order valence-electron chi connectivity index (χ1n) is 9.78. The van der Waals surface area contributed by atoms with Crippen LogP contribution in [0.2, 0.25) is 0 Å². The molecule has 7 nitrogen and oxygen atoms in total. The van der Waals surface area contributed by atoms with Gasteiger partial charge in [-0.05, 0) is 38.9 Å². The highest BCUT2D eigenvalue weighted by molar-refractivity contribution is 7.21. The van der Waals surface area contributed by atoms with E-state index in [9.17, 15) is 9.90 Å². The van der Waals surface area contributed by atoms with Crippen LogP contribution in [0.5, 0.6) is 0 Å². The maximum atomic E-state index is 11.2. The lowest BCUT2D eigenvalue weighted by molar-refractivity contribution is 0.134. The predicted molar refractivity (Wildman–Crippen MR) is 117 cm³/mol. The number of piperidine rings is 1. The number of pyridine rings is 2. The van der Waals surface area contributed by atoms with Crippen LogP contribution in [-0.2, 0) is 6.54 Å². The van der Waals surface area contributed by atoms with Crippen LogP contribution in [0.15, 0.2) is 30.6 Å². The molecule has 0 saturated carbocycles. The van der Waals surface area contributed by atoms with Crippen LogP contribution in [-0.4, -0.2) is 52.2 Å². The Morgan fingerprint density at radius 3 is 2.72 bits per heavy atom. The molecule has 1 aliphatic heterocycles. The second-order valence-corrected chi connectivity index (χ2v) is 8.43. The van der Waals surface area contributed by atoms with Gasteiger partial charge >= 0.3 is 6.09 Å². The van der Waals surface area contributed by atoms with Gasteiger partial charge < -0.3 is 20.6 Å². The fraction of sp³-hybridized carbons (Fsp3) is 0.381. The summed E-state index contributed by atoms with van der Waals surface area (Å²) in [5.74, 6) is 0. The van der Waals surface area contributed by atoms with Crippen molar-refractivity contribution in [3.8, 4) is 10.4 Å². The normalized spacial score (nSPS) is 15.0. The number of hydrogen-bond acceptors (Lipinski definition) is 6. The number of nitrogens with zero attached hydrogens (tertiary/aromatic N) is 3. The van der Waals surface area contributed by atoms with Gasteiger partial charge in [0.25, 0.3) is 0 Å². The Kier molecular flexibility index (Phi) is 5.64. The summed E-state index contributed by atoms with van der Waals surface area (Å²) in [5.41, 5.74) is 4.31. The van der Waals surface area contributed by atoms with Crippen molar-refractivity contribution in [3.05, 3.63) is 41.9 Å². The van der Waals surface area contributed by atoms with E-state index in [0.717, 1.165) is 57.0 Å². The number of likely N-dealkylation sites (tertiary alicyclic amines) is 1. The van der Waals surface area contributed by atoms with Crippen molar-refractivity contribution in [2.45, 2.75) is 32.4 Å². The first kappa shape index (κ1) is 19.6. The molecule has 8 heteroatoms. The average molecular weight is 412 g/mol. The quantitative estimate of drug-likeness (QED) is 0.589. The highest BCUT2D eigenvalue weighted by Crippen LogP contribution is 2.38. The van der Waals surface area contributed by atoms with Crippen LogP contribution in [0.3, 0.4) is 0 Å². The minimum absolute atomic E-state index is 0.246. The number of thiophene rings is 1. The van der Waals surface area contributed by atoms with E-state index in [1.165, 1.54) is 4.90 Å². The summed E-state index contributed by atoms with van der Waals surface area (Å²) in [6.07, 6.45) is 4.60. The van der Waals surface area contributed by atoms with Crippen LogP contribution in [0.1, 0.15) is 24.1 Å². The number of carboxylic acid groups (broad SMARTS) is 1. The maximum absolute atomic E-state index is 11.2. The lowest BCUT2D eigenvalue weighted by Gasteiger charge is -2.31. The lowest BCUT2D eigenvalue weighted by Crippen LogP contribution is -2.41. The monoisotopic (exact) mass is 411 g/mol. The Morgan fingerprint density at radius 2 is 2.07 bits per heavy atom. The van der Waals surface area contributed by atoms with Crippen molar-refractivity contribution in [1.29, 1.82) is 0 Å². The van der Waals surface area contributed by atoms with E-state index in [2.05, 4.69) is 32.7 Å². The number of hydrogen-bond donors (Lipinski definition) is 3. The highest BCUT2D eigenvalue weighted by Gasteiger charge is 2.24. The third-order valence-electron chi connectivity index (χ3n) is 5.32. The third kappa shape index (κ3) is 4.18. The largest absolute Gasteiger partial charge is 0.465 e. The second kappa shape index (κ2) is 8.34. The molecule has 29 heavy (non-hydrogen) atoms. The van der Waals surface area contributed by atoms with E-state index < -0.39 is 6.09 Å². The molecule has 0 spiro atoms. The lowest BCUT2D eigenvalue weighted by atomic mass is 10.0. The zero-order valence-electron chi connectivity index (χ0n) is 16.6. The summed E-state index contributed by atoms with van der Waals surface area (Å²) >= 11 is 1.67. The van der Waals surface area contributed by atoms with Crippen LogP contribution in [0.4, 0.5) is 10.5 Å². The highest BCUT2D eigenvalue weighted by atomic mass is 32.1. The molecule has 0 aliphatic carbocycles. The van der Waals surface area contributed by atoms with E-state index in [4.69, 9.17) is 0 Å². The fourth-order valence-corrected chi connectivity index (χ4v) is 4.70. The number of nitrogens with one attached hydrogen (secondary N) is 2. The third-order valence-corrected chi connectivity index (χ3v) is 6.41. The van der Waals surface area contributed by atoms with Gasteiger partial charge in [-0.2, -0.15) is 0 Å². The molecule has 1 fully saturated rings. The van der Waals surface area contributed by atoms with Gasteiger partial charge in [0.1, 0.15) is 4.83 Å². The molecule has 3 N–H and O–H groups in total. The minimum Gasteiger partial charge on any atom is -0.465 e. The number of rotatable bonds is 5. The van der Waals surface area contributed by atoms with Crippen molar-refractivity contribution in [1.82, 2.24) is 20.2 Å². The van der Waals surface area contributed by atoms with Gasteiger partial charge in [-0.15, -0.1) is 11.3 Å². The molecular formula is C21H25N5O2S. The average Bonchev–Trinajstić information content (AvgIpc) is 3.15. The summed E-state index contributed by atoms with van der Waals surface area (Å²) in [7, 11) is 1.93. The Labute approximate surface area is 173 Å².